The Morgan fingerprint density at radius 1 is 1.25 bits per heavy atom. The van der Waals surface area contributed by atoms with Gasteiger partial charge in [0.05, 0.1) is 6.04 Å². The van der Waals surface area contributed by atoms with Gasteiger partial charge in [-0.1, -0.05) is 20.3 Å². The molecular formula is C17H26ClN3O3. The third kappa shape index (κ3) is 5.47. The quantitative estimate of drug-likeness (QED) is 0.731. The maximum Gasteiger partial charge on any atom is 0.253 e. The van der Waals surface area contributed by atoms with Crippen molar-refractivity contribution in [3.8, 4) is 0 Å². The van der Waals surface area contributed by atoms with Crippen LogP contribution in [0.2, 0.25) is 0 Å². The Bertz CT molecular complexity index is 545. The summed E-state index contributed by atoms with van der Waals surface area (Å²) in [6.45, 7) is 4.59. The Kier molecular flexibility index (Phi) is 8.18. The van der Waals surface area contributed by atoms with Crippen molar-refractivity contribution in [2.75, 3.05) is 17.2 Å². The first-order valence-electron chi connectivity index (χ1n) is 8.10. The second-order valence-electron chi connectivity index (χ2n) is 5.97. The van der Waals surface area contributed by atoms with Gasteiger partial charge in [-0.3, -0.25) is 9.59 Å². The van der Waals surface area contributed by atoms with Gasteiger partial charge in [-0.05, 0) is 43.0 Å². The van der Waals surface area contributed by atoms with E-state index in [4.69, 9.17) is 10.5 Å². The highest BCUT2D eigenvalue weighted by Crippen LogP contribution is 2.18. The number of nitrogens with one attached hydrogen (secondary N) is 2. The minimum atomic E-state index is -0.529. The second kappa shape index (κ2) is 9.61. The molecule has 2 amide bonds. The van der Waals surface area contributed by atoms with Crippen LogP contribution in [0.3, 0.4) is 0 Å². The molecular weight excluding hydrogens is 330 g/mol. The molecule has 2 rings (SSSR count). The lowest BCUT2D eigenvalue weighted by atomic mass is 9.99. The maximum absolute atomic E-state index is 12.0. The van der Waals surface area contributed by atoms with Crippen LogP contribution in [0.1, 0.15) is 33.1 Å². The van der Waals surface area contributed by atoms with Gasteiger partial charge in [0.1, 0.15) is 6.10 Å². The monoisotopic (exact) mass is 355 g/mol. The van der Waals surface area contributed by atoms with Gasteiger partial charge in [-0.2, -0.15) is 0 Å². The van der Waals surface area contributed by atoms with Crippen molar-refractivity contribution >= 4 is 35.6 Å². The first-order chi connectivity index (χ1) is 11.0. The third-order valence-electron chi connectivity index (χ3n) is 4.20. The number of rotatable bonds is 6. The summed E-state index contributed by atoms with van der Waals surface area (Å²) < 4.78 is 5.34. The molecule has 7 heteroatoms. The van der Waals surface area contributed by atoms with Gasteiger partial charge in [-0.25, -0.2) is 0 Å². The van der Waals surface area contributed by atoms with Gasteiger partial charge in [0.25, 0.3) is 5.91 Å². The Balaban J connectivity index is 0.00000288. The molecule has 1 aromatic carbocycles. The average Bonchev–Trinajstić information content (AvgIpc) is 3.09. The molecule has 6 nitrogen and oxygen atoms in total. The van der Waals surface area contributed by atoms with Crippen molar-refractivity contribution < 1.29 is 14.3 Å². The average molecular weight is 356 g/mol. The molecule has 1 aliphatic rings. The van der Waals surface area contributed by atoms with Gasteiger partial charge >= 0.3 is 0 Å². The molecule has 24 heavy (non-hydrogen) atoms. The summed E-state index contributed by atoms with van der Waals surface area (Å²) in [4.78, 5) is 24.0. The highest BCUT2D eigenvalue weighted by atomic mass is 35.5. The number of carbonyl (C=O) groups is 2. The summed E-state index contributed by atoms with van der Waals surface area (Å²) in [7, 11) is 0. The number of nitrogens with two attached hydrogens (primary N) is 1. The lowest BCUT2D eigenvalue weighted by Gasteiger charge is -2.18. The van der Waals surface area contributed by atoms with E-state index in [1.165, 1.54) is 0 Å². The Morgan fingerprint density at radius 2 is 1.83 bits per heavy atom. The smallest absolute Gasteiger partial charge is 0.253 e. The fourth-order valence-electron chi connectivity index (χ4n) is 2.38. The molecule has 1 heterocycles. The summed E-state index contributed by atoms with van der Waals surface area (Å²) in [5, 5.41) is 5.60. The van der Waals surface area contributed by atoms with E-state index in [0.29, 0.717) is 18.0 Å². The van der Waals surface area contributed by atoms with Crippen LogP contribution < -0.4 is 16.4 Å². The van der Waals surface area contributed by atoms with E-state index < -0.39 is 6.04 Å². The molecule has 0 saturated carbocycles. The van der Waals surface area contributed by atoms with Gasteiger partial charge in [0, 0.05) is 18.0 Å². The Morgan fingerprint density at radius 3 is 2.33 bits per heavy atom. The molecule has 1 aliphatic heterocycles. The predicted molar refractivity (Wildman–Crippen MR) is 97.4 cm³/mol. The van der Waals surface area contributed by atoms with Crippen LogP contribution in [0.25, 0.3) is 0 Å². The van der Waals surface area contributed by atoms with Crippen LogP contribution in [0.4, 0.5) is 11.4 Å². The van der Waals surface area contributed by atoms with Crippen molar-refractivity contribution in [2.24, 2.45) is 11.7 Å². The summed E-state index contributed by atoms with van der Waals surface area (Å²) in [6.07, 6.45) is 2.17. The molecule has 3 atom stereocenters. The minimum absolute atomic E-state index is 0. The normalized spacial score (nSPS) is 19.0. The lowest BCUT2D eigenvalue weighted by molar-refractivity contribution is -0.124. The standard InChI is InChI=1S/C17H25N3O3.ClH/c1-3-11(2)15(18)17(22)20-13-8-6-12(7-9-13)19-16(21)14-5-4-10-23-14;/h6-9,11,14-15H,3-5,10,18H2,1-2H3,(H,19,21)(H,20,22);1H. The number of benzene rings is 1. The largest absolute Gasteiger partial charge is 0.368 e. The van der Waals surface area contributed by atoms with E-state index in [2.05, 4.69) is 10.6 Å². The molecule has 1 aromatic rings. The van der Waals surface area contributed by atoms with E-state index >= 15 is 0 Å². The molecule has 4 N–H and O–H groups in total. The molecule has 0 radical (unpaired) electrons. The summed E-state index contributed by atoms with van der Waals surface area (Å²) in [6, 6.07) is 6.45. The first-order valence-corrected chi connectivity index (χ1v) is 8.10. The van der Waals surface area contributed by atoms with Gasteiger partial charge in [-0.15, -0.1) is 12.4 Å². The molecule has 1 saturated heterocycles. The summed E-state index contributed by atoms with van der Waals surface area (Å²) in [5.74, 6) is -0.200. The summed E-state index contributed by atoms with van der Waals surface area (Å²) in [5.41, 5.74) is 7.23. The third-order valence-corrected chi connectivity index (χ3v) is 4.20. The van der Waals surface area contributed by atoms with Crippen LogP contribution in [0, 0.1) is 5.92 Å². The van der Waals surface area contributed by atoms with Crippen molar-refractivity contribution in [1.82, 2.24) is 0 Å². The van der Waals surface area contributed by atoms with Crippen molar-refractivity contribution in [3.05, 3.63) is 24.3 Å². The van der Waals surface area contributed by atoms with Crippen molar-refractivity contribution in [1.29, 1.82) is 0 Å². The SMILES string of the molecule is CCC(C)C(N)C(=O)Nc1ccc(NC(=O)C2CCCO2)cc1.Cl. The number of anilines is 2. The summed E-state index contributed by atoms with van der Waals surface area (Å²) >= 11 is 0. The highest BCUT2D eigenvalue weighted by molar-refractivity contribution is 5.96. The lowest BCUT2D eigenvalue weighted by Crippen LogP contribution is -2.40. The number of halogens is 1. The number of hydrogen-bond acceptors (Lipinski definition) is 4. The Labute approximate surface area is 148 Å². The molecule has 1 fully saturated rings. The van der Waals surface area contributed by atoms with E-state index in [1.54, 1.807) is 24.3 Å². The molecule has 0 aromatic heterocycles. The van der Waals surface area contributed by atoms with E-state index in [9.17, 15) is 9.59 Å². The van der Waals surface area contributed by atoms with Crippen molar-refractivity contribution in [3.63, 3.8) is 0 Å². The number of carbonyl (C=O) groups excluding carboxylic acids is 2. The predicted octanol–water partition coefficient (Wildman–Crippen LogP) is 2.54. The molecule has 0 aliphatic carbocycles. The zero-order chi connectivity index (χ0) is 16.8. The fourth-order valence-corrected chi connectivity index (χ4v) is 2.38. The van der Waals surface area contributed by atoms with Crippen molar-refractivity contribution in [2.45, 2.75) is 45.3 Å². The minimum Gasteiger partial charge on any atom is -0.368 e. The number of hydrogen-bond donors (Lipinski definition) is 3. The highest BCUT2D eigenvalue weighted by Gasteiger charge is 2.23. The van der Waals surface area contributed by atoms with Crippen LogP contribution in [-0.2, 0) is 14.3 Å². The second-order valence-corrected chi connectivity index (χ2v) is 5.97. The molecule has 3 unspecified atom stereocenters. The zero-order valence-corrected chi connectivity index (χ0v) is 14.9. The van der Waals surface area contributed by atoms with E-state index in [1.807, 2.05) is 13.8 Å². The maximum atomic E-state index is 12.0. The fraction of sp³-hybridized carbons (Fsp3) is 0.529. The van der Waals surface area contributed by atoms with E-state index in [-0.39, 0.29) is 36.2 Å². The van der Waals surface area contributed by atoms with Gasteiger partial charge in [0.2, 0.25) is 5.91 Å². The molecule has 0 bridgehead atoms. The topological polar surface area (TPSA) is 93.5 Å². The Hall–Kier alpha value is -1.63. The van der Waals surface area contributed by atoms with Crippen LogP contribution in [0.15, 0.2) is 24.3 Å². The van der Waals surface area contributed by atoms with Crippen LogP contribution >= 0.6 is 12.4 Å². The zero-order valence-electron chi connectivity index (χ0n) is 14.1. The van der Waals surface area contributed by atoms with Gasteiger partial charge in [0.15, 0.2) is 0 Å². The number of amides is 2. The first kappa shape index (κ1) is 20.4. The van der Waals surface area contributed by atoms with Gasteiger partial charge < -0.3 is 21.1 Å². The van der Waals surface area contributed by atoms with Crippen LogP contribution in [0.5, 0.6) is 0 Å². The molecule has 134 valence electrons. The van der Waals surface area contributed by atoms with E-state index in [0.717, 1.165) is 19.3 Å². The number of ether oxygens (including phenoxy) is 1. The van der Waals surface area contributed by atoms with Crippen LogP contribution in [-0.4, -0.2) is 30.6 Å². The molecule has 0 spiro atoms.